The number of carbonyl (C=O) groups excluding carboxylic acids is 2. The van der Waals surface area contributed by atoms with Crippen molar-refractivity contribution in [2.24, 2.45) is 0 Å². The molecule has 0 saturated heterocycles. The van der Waals surface area contributed by atoms with E-state index in [1.165, 1.54) is 12.1 Å². The molecule has 88 valence electrons. The normalized spacial score (nSPS) is 13.6. The Morgan fingerprint density at radius 1 is 1.47 bits per heavy atom. The molecular formula is C12H11FN2O2. The minimum Gasteiger partial charge on any atom is -0.326 e. The fraction of sp³-hybridized carbons (Fsp3) is 0.167. The zero-order valence-electron chi connectivity index (χ0n) is 9.05. The van der Waals surface area contributed by atoms with Crippen molar-refractivity contribution in [3.8, 4) is 0 Å². The van der Waals surface area contributed by atoms with Crippen LogP contribution in [-0.2, 0) is 16.0 Å². The Hall–Kier alpha value is -2.17. The third-order valence-electron chi connectivity index (χ3n) is 2.53. The molecule has 17 heavy (non-hydrogen) atoms. The monoisotopic (exact) mass is 234 g/mol. The lowest BCUT2D eigenvalue weighted by molar-refractivity contribution is -0.116. The molecule has 4 nitrogen and oxygen atoms in total. The molecule has 2 N–H and O–H groups in total. The van der Waals surface area contributed by atoms with E-state index in [0.29, 0.717) is 18.5 Å². The topological polar surface area (TPSA) is 58.2 Å². The SMILES string of the molecule is C=CC(=O)Nc1cc2c(cc1F)CCC(=O)N2. The van der Waals surface area contributed by atoms with E-state index in [2.05, 4.69) is 17.2 Å². The van der Waals surface area contributed by atoms with Crippen molar-refractivity contribution in [3.05, 3.63) is 36.2 Å². The highest BCUT2D eigenvalue weighted by atomic mass is 19.1. The Balaban J connectivity index is 2.35. The van der Waals surface area contributed by atoms with Crippen molar-refractivity contribution in [3.63, 3.8) is 0 Å². The van der Waals surface area contributed by atoms with Gasteiger partial charge in [0, 0.05) is 12.1 Å². The van der Waals surface area contributed by atoms with Gasteiger partial charge in [-0.05, 0) is 30.2 Å². The van der Waals surface area contributed by atoms with Gasteiger partial charge in [0.05, 0.1) is 5.69 Å². The summed E-state index contributed by atoms with van der Waals surface area (Å²) in [7, 11) is 0. The lowest BCUT2D eigenvalue weighted by Crippen LogP contribution is -2.20. The van der Waals surface area contributed by atoms with Crippen LogP contribution in [0.15, 0.2) is 24.8 Å². The number of amides is 2. The van der Waals surface area contributed by atoms with Gasteiger partial charge in [-0.2, -0.15) is 0 Å². The Kier molecular flexibility index (Phi) is 2.91. The number of halogens is 1. The molecule has 0 fully saturated rings. The number of fused-ring (bicyclic) bond motifs is 1. The molecule has 0 atom stereocenters. The molecule has 0 radical (unpaired) electrons. The second-order valence-electron chi connectivity index (χ2n) is 3.73. The van der Waals surface area contributed by atoms with Gasteiger partial charge >= 0.3 is 0 Å². The van der Waals surface area contributed by atoms with Crippen molar-refractivity contribution in [1.82, 2.24) is 0 Å². The van der Waals surface area contributed by atoms with E-state index in [-0.39, 0.29) is 11.6 Å². The summed E-state index contributed by atoms with van der Waals surface area (Å²) in [6.07, 6.45) is 1.91. The molecule has 5 heteroatoms. The maximum absolute atomic E-state index is 13.6. The van der Waals surface area contributed by atoms with Crippen molar-refractivity contribution >= 4 is 23.2 Å². The Morgan fingerprint density at radius 3 is 2.94 bits per heavy atom. The van der Waals surface area contributed by atoms with E-state index < -0.39 is 11.7 Å². The standard InChI is InChI=1S/C12H11FN2O2/c1-2-11(16)15-10-6-9-7(5-8(10)13)3-4-12(17)14-9/h2,5-6H,1,3-4H2,(H,14,17)(H,15,16). The summed E-state index contributed by atoms with van der Waals surface area (Å²) in [6.45, 7) is 3.28. The molecule has 2 rings (SSSR count). The highest BCUT2D eigenvalue weighted by Gasteiger charge is 2.17. The largest absolute Gasteiger partial charge is 0.326 e. The number of nitrogens with one attached hydrogen (secondary N) is 2. The predicted molar refractivity (Wildman–Crippen MR) is 62.2 cm³/mol. The highest BCUT2D eigenvalue weighted by Crippen LogP contribution is 2.28. The Bertz CT molecular complexity index is 511. The molecule has 0 spiro atoms. The van der Waals surface area contributed by atoms with E-state index in [4.69, 9.17) is 0 Å². The number of anilines is 2. The first-order chi connectivity index (χ1) is 8.10. The second-order valence-corrected chi connectivity index (χ2v) is 3.73. The molecule has 1 aliphatic heterocycles. The molecule has 1 aromatic rings. The van der Waals surface area contributed by atoms with E-state index in [9.17, 15) is 14.0 Å². The van der Waals surface area contributed by atoms with Gasteiger partial charge < -0.3 is 10.6 Å². The smallest absolute Gasteiger partial charge is 0.247 e. The first kappa shape index (κ1) is 11.3. The fourth-order valence-corrected chi connectivity index (χ4v) is 1.68. The summed E-state index contributed by atoms with van der Waals surface area (Å²) in [5.41, 5.74) is 1.32. The van der Waals surface area contributed by atoms with Crippen LogP contribution >= 0.6 is 0 Å². The van der Waals surface area contributed by atoms with Crippen molar-refractivity contribution in [2.45, 2.75) is 12.8 Å². The zero-order chi connectivity index (χ0) is 12.4. The maximum Gasteiger partial charge on any atom is 0.247 e. The van der Waals surface area contributed by atoms with Gasteiger partial charge in [0.1, 0.15) is 5.82 Å². The average molecular weight is 234 g/mol. The molecule has 2 amide bonds. The minimum atomic E-state index is -0.518. The fourth-order valence-electron chi connectivity index (χ4n) is 1.68. The molecule has 0 bridgehead atoms. The van der Waals surface area contributed by atoms with Crippen molar-refractivity contribution in [2.75, 3.05) is 10.6 Å². The average Bonchev–Trinajstić information content (AvgIpc) is 2.30. The molecule has 0 aromatic heterocycles. The summed E-state index contributed by atoms with van der Waals surface area (Å²) >= 11 is 0. The lowest BCUT2D eigenvalue weighted by Gasteiger charge is -2.18. The van der Waals surface area contributed by atoms with Gasteiger partial charge in [0.15, 0.2) is 0 Å². The van der Waals surface area contributed by atoms with Crippen LogP contribution in [0.2, 0.25) is 0 Å². The maximum atomic E-state index is 13.6. The molecule has 0 aliphatic carbocycles. The number of aryl methyl sites for hydroxylation is 1. The van der Waals surface area contributed by atoms with Crippen LogP contribution < -0.4 is 10.6 Å². The number of rotatable bonds is 2. The molecule has 1 aliphatic rings. The summed E-state index contributed by atoms with van der Waals surface area (Å²) in [6, 6.07) is 2.75. The van der Waals surface area contributed by atoms with Gasteiger partial charge in [-0.1, -0.05) is 6.58 Å². The summed E-state index contributed by atoms with van der Waals surface area (Å²) in [5.74, 6) is -1.12. The third kappa shape index (κ3) is 2.33. The van der Waals surface area contributed by atoms with Crippen molar-refractivity contribution < 1.29 is 14.0 Å². The zero-order valence-corrected chi connectivity index (χ0v) is 9.05. The number of carbonyl (C=O) groups is 2. The quantitative estimate of drug-likeness (QED) is 0.767. The summed E-state index contributed by atoms with van der Waals surface area (Å²) < 4.78 is 13.6. The number of benzene rings is 1. The highest BCUT2D eigenvalue weighted by molar-refractivity contribution is 6.00. The van der Waals surface area contributed by atoms with E-state index >= 15 is 0 Å². The van der Waals surface area contributed by atoms with Crippen LogP contribution in [0.5, 0.6) is 0 Å². The van der Waals surface area contributed by atoms with E-state index in [1.807, 2.05) is 0 Å². The van der Waals surface area contributed by atoms with Crippen LogP contribution in [0, 0.1) is 5.82 Å². The first-order valence-corrected chi connectivity index (χ1v) is 5.16. The second kappa shape index (κ2) is 4.37. The molecule has 1 aromatic carbocycles. The van der Waals surface area contributed by atoms with E-state index in [1.54, 1.807) is 0 Å². The van der Waals surface area contributed by atoms with Crippen LogP contribution in [0.25, 0.3) is 0 Å². The number of hydrogen-bond acceptors (Lipinski definition) is 2. The molecular weight excluding hydrogens is 223 g/mol. The summed E-state index contributed by atoms with van der Waals surface area (Å²) in [5, 5.41) is 4.98. The van der Waals surface area contributed by atoms with Gasteiger partial charge in [-0.25, -0.2) is 4.39 Å². The number of hydrogen-bond donors (Lipinski definition) is 2. The van der Waals surface area contributed by atoms with Crippen LogP contribution in [0.3, 0.4) is 0 Å². The van der Waals surface area contributed by atoms with Gasteiger partial charge in [-0.3, -0.25) is 9.59 Å². The van der Waals surface area contributed by atoms with Gasteiger partial charge in [-0.15, -0.1) is 0 Å². The first-order valence-electron chi connectivity index (χ1n) is 5.16. The summed E-state index contributed by atoms with van der Waals surface area (Å²) in [4.78, 5) is 22.3. The van der Waals surface area contributed by atoms with Crippen molar-refractivity contribution in [1.29, 1.82) is 0 Å². The minimum absolute atomic E-state index is 0.0378. The van der Waals surface area contributed by atoms with Crippen LogP contribution in [0.1, 0.15) is 12.0 Å². The van der Waals surface area contributed by atoms with Crippen LogP contribution in [-0.4, -0.2) is 11.8 Å². The molecule has 0 saturated carbocycles. The van der Waals surface area contributed by atoms with Gasteiger partial charge in [0.25, 0.3) is 0 Å². The third-order valence-corrected chi connectivity index (χ3v) is 2.53. The molecule has 1 heterocycles. The van der Waals surface area contributed by atoms with E-state index in [0.717, 1.165) is 11.6 Å². The molecule has 0 unspecified atom stereocenters. The Morgan fingerprint density at radius 2 is 2.24 bits per heavy atom. The van der Waals surface area contributed by atoms with Gasteiger partial charge in [0.2, 0.25) is 11.8 Å². The predicted octanol–water partition coefficient (Wildman–Crippen LogP) is 1.83. The lowest BCUT2D eigenvalue weighted by atomic mass is 10.0. The van der Waals surface area contributed by atoms with Crippen LogP contribution in [0.4, 0.5) is 15.8 Å². The Labute approximate surface area is 97.5 Å².